The number of hydrogen-bond donors (Lipinski definition) is 0. The summed E-state index contributed by atoms with van der Waals surface area (Å²) in [5.41, 5.74) is 0. The first-order valence-electron chi connectivity index (χ1n) is 7.29. The first kappa shape index (κ1) is 14.6. The van der Waals surface area contributed by atoms with E-state index in [1.807, 2.05) is 30.9 Å². The molecule has 0 radical (unpaired) electrons. The van der Waals surface area contributed by atoms with Crippen LogP contribution >= 0.6 is 0 Å². The SMILES string of the molecule is CCOC(=O)C1CCCCN1c1ncccc1OCC. The third kappa shape index (κ3) is 3.21. The van der Waals surface area contributed by atoms with Crippen molar-refractivity contribution in [1.82, 2.24) is 4.98 Å². The lowest BCUT2D eigenvalue weighted by Gasteiger charge is -2.35. The van der Waals surface area contributed by atoms with Crippen LogP contribution in [0.5, 0.6) is 5.75 Å². The van der Waals surface area contributed by atoms with Crippen LogP contribution in [0.2, 0.25) is 0 Å². The quantitative estimate of drug-likeness (QED) is 0.774. The molecule has 2 heterocycles. The van der Waals surface area contributed by atoms with E-state index in [9.17, 15) is 4.79 Å². The predicted octanol–water partition coefficient (Wildman–Crippen LogP) is 2.40. The maximum Gasteiger partial charge on any atom is 0.328 e. The van der Waals surface area contributed by atoms with Crippen LogP contribution in [0.3, 0.4) is 0 Å². The molecule has 0 aromatic carbocycles. The molecule has 0 spiro atoms. The van der Waals surface area contributed by atoms with Gasteiger partial charge in [-0.25, -0.2) is 9.78 Å². The van der Waals surface area contributed by atoms with Gasteiger partial charge in [-0.15, -0.1) is 0 Å². The zero-order valence-electron chi connectivity index (χ0n) is 12.2. The Balaban J connectivity index is 2.25. The van der Waals surface area contributed by atoms with Crippen molar-refractivity contribution in [3.63, 3.8) is 0 Å². The highest BCUT2D eigenvalue weighted by Crippen LogP contribution is 2.31. The van der Waals surface area contributed by atoms with E-state index in [1.165, 1.54) is 0 Å². The van der Waals surface area contributed by atoms with Gasteiger partial charge in [-0.3, -0.25) is 0 Å². The number of nitrogens with zero attached hydrogens (tertiary/aromatic N) is 2. The van der Waals surface area contributed by atoms with Crippen molar-refractivity contribution >= 4 is 11.8 Å². The van der Waals surface area contributed by atoms with Gasteiger partial charge >= 0.3 is 5.97 Å². The fourth-order valence-electron chi connectivity index (χ4n) is 2.53. The van der Waals surface area contributed by atoms with Crippen LogP contribution < -0.4 is 9.64 Å². The fourth-order valence-corrected chi connectivity index (χ4v) is 2.53. The summed E-state index contributed by atoms with van der Waals surface area (Å²) in [5.74, 6) is 1.30. The maximum absolute atomic E-state index is 12.1. The minimum atomic E-state index is -0.252. The molecule has 1 atom stereocenters. The smallest absolute Gasteiger partial charge is 0.328 e. The third-order valence-corrected chi connectivity index (χ3v) is 3.38. The van der Waals surface area contributed by atoms with Gasteiger partial charge in [-0.2, -0.15) is 0 Å². The number of esters is 1. The van der Waals surface area contributed by atoms with E-state index in [-0.39, 0.29) is 12.0 Å². The van der Waals surface area contributed by atoms with Gasteiger partial charge in [0.15, 0.2) is 11.6 Å². The van der Waals surface area contributed by atoms with Gasteiger partial charge in [-0.1, -0.05) is 0 Å². The first-order chi connectivity index (χ1) is 9.77. The molecule has 1 aromatic heterocycles. The van der Waals surface area contributed by atoms with E-state index in [1.54, 1.807) is 6.20 Å². The lowest BCUT2D eigenvalue weighted by Crippen LogP contribution is -2.46. The highest BCUT2D eigenvalue weighted by atomic mass is 16.5. The molecule has 0 aliphatic carbocycles. The number of pyridine rings is 1. The van der Waals surface area contributed by atoms with Crippen LogP contribution in [0, 0.1) is 0 Å². The second-order valence-electron chi connectivity index (χ2n) is 4.72. The number of hydrogen-bond acceptors (Lipinski definition) is 5. The van der Waals surface area contributed by atoms with Gasteiger partial charge in [-0.05, 0) is 45.2 Å². The second-order valence-corrected chi connectivity index (χ2v) is 4.72. The van der Waals surface area contributed by atoms with Crippen molar-refractivity contribution in [3.05, 3.63) is 18.3 Å². The molecule has 1 aliphatic heterocycles. The van der Waals surface area contributed by atoms with Crippen molar-refractivity contribution in [3.8, 4) is 5.75 Å². The number of rotatable bonds is 5. The van der Waals surface area contributed by atoms with E-state index in [0.717, 1.165) is 37.4 Å². The number of ether oxygens (including phenoxy) is 2. The largest absolute Gasteiger partial charge is 0.490 e. The molecule has 1 aromatic rings. The molecule has 5 heteroatoms. The minimum Gasteiger partial charge on any atom is -0.490 e. The van der Waals surface area contributed by atoms with Crippen molar-refractivity contribution < 1.29 is 14.3 Å². The van der Waals surface area contributed by atoms with Gasteiger partial charge in [0.2, 0.25) is 0 Å². The Hall–Kier alpha value is -1.78. The fraction of sp³-hybridized carbons (Fsp3) is 0.600. The molecule has 20 heavy (non-hydrogen) atoms. The van der Waals surface area contributed by atoms with Crippen molar-refractivity contribution in [2.75, 3.05) is 24.7 Å². The van der Waals surface area contributed by atoms with Gasteiger partial charge in [0.1, 0.15) is 6.04 Å². The number of piperidine rings is 1. The molecular weight excluding hydrogens is 256 g/mol. The molecule has 1 fully saturated rings. The molecule has 1 aliphatic rings. The summed E-state index contributed by atoms with van der Waals surface area (Å²) in [7, 11) is 0. The Bertz CT molecular complexity index is 450. The van der Waals surface area contributed by atoms with E-state index in [0.29, 0.717) is 13.2 Å². The molecule has 0 N–H and O–H groups in total. The molecule has 2 rings (SSSR count). The summed E-state index contributed by atoms with van der Waals surface area (Å²) in [4.78, 5) is 18.5. The summed E-state index contributed by atoms with van der Waals surface area (Å²) >= 11 is 0. The van der Waals surface area contributed by atoms with E-state index >= 15 is 0 Å². The molecule has 1 saturated heterocycles. The summed E-state index contributed by atoms with van der Waals surface area (Å²) < 4.78 is 10.8. The third-order valence-electron chi connectivity index (χ3n) is 3.38. The lowest BCUT2D eigenvalue weighted by atomic mass is 10.0. The maximum atomic E-state index is 12.1. The van der Waals surface area contributed by atoms with Crippen LogP contribution in [0.15, 0.2) is 18.3 Å². The highest BCUT2D eigenvalue weighted by Gasteiger charge is 2.32. The molecular formula is C15H22N2O3. The lowest BCUT2D eigenvalue weighted by molar-refractivity contribution is -0.145. The van der Waals surface area contributed by atoms with Crippen molar-refractivity contribution in [2.45, 2.75) is 39.2 Å². The summed E-state index contributed by atoms with van der Waals surface area (Å²) in [6.45, 7) is 5.56. The molecule has 110 valence electrons. The van der Waals surface area contributed by atoms with Crippen molar-refractivity contribution in [2.24, 2.45) is 0 Å². The number of carbonyl (C=O) groups is 1. The Morgan fingerprint density at radius 3 is 3.00 bits per heavy atom. The molecule has 5 nitrogen and oxygen atoms in total. The zero-order valence-corrected chi connectivity index (χ0v) is 12.2. The Morgan fingerprint density at radius 2 is 2.25 bits per heavy atom. The van der Waals surface area contributed by atoms with Crippen molar-refractivity contribution in [1.29, 1.82) is 0 Å². The average Bonchev–Trinajstić information content (AvgIpc) is 2.48. The number of aromatic nitrogens is 1. The highest BCUT2D eigenvalue weighted by molar-refractivity contribution is 5.80. The van der Waals surface area contributed by atoms with Crippen LogP contribution in [0.1, 0.15) is 33.1 Å². The molecule has 0 saturated carbocycles. The molecule has 0 bridgehead atoms. The van der Waals surface area contributed by atoms with Gasteiger partial charge in [0.25, 0.3) is 0 Å². The molecule has 0 amide bonds. The van der Waals surface area contributed by atoms with Gasteiger partial charge < -0.3 is 14.4 Å². The second kappa shape index (κ2) is 7.12. The Labute approximate surface area is 119 Å². The predicted molar refractivity (Wildman–Crippen MR) is 77.0 cm³/mol. The monoisotopic (exact) mass is 278 g/mol. The number of anilines is 1. The number of carbonyl (C=O) groups excluding carboxylic acids is 1. The van der Waals surface area contributed by atoms with Crippen LogP contribution in [0.25, 0.3) is 0 Å². The zero-order chi connectivity index (χ0) is 14.4. The molecule has 1 unspecified atom stereocenters. The van der Waals surface area contributed by atoms with Crippen LogP contribution in [-0.2, 0) is 9.53 Å². The normalized spacial score (nSPS) is 18.7. The summed E-state index contributed by atoms with van der Waals surface area (Å²) in [5, 5.41) is 0. The van der Waals surface area contributed by atoms with E-state index in [2.05, 4.69) is 4.98 Å². The summed E-state index contributed by atoms with van der Waals surface area (Å²) in [6, 6.07) is 3.48. The first-order valence-corrected chi connectivity index (χ1v) is 7.29. The topological polar surface area (TPSA) is 51.7 Å². The Morgan fingerprint density at radius 1 is 1.40 bits per heavy atom. The summed E-state index contributed by atoms with van der Waals surface area (Å²) in [6.07, 6.45) is 4.63. The van der Waals surface area contributed by atoms with E-state index < -0.39 is 0 Å². The van der Waals surface area contributed by atoms with Crippen LogP contribution in [-0.4, -0.2) is 36.8 Å². The minimum absolute atomic E-state index is 0.166. The van der Waals surface area contributed by atoms with E-state index in [4.69, 9.17) is 9.47 Å². The van der Waals surface area contributed by atoms with Gasteiger partial charge in [0.05, 0.1) is 13.2 Å². The average molecular weight is 278 g/mol. The van der Waals surface area contributed by atoms with Crippen LogP contribution in [0.4, 0.5) is 5.82 Å². The Kier molecular flexibility index (Phi) is 5.21. The van der Waals surface area contributed by atoms with Gasteiger partial charge in [0, 0.05) is 12.7 Å². The standard InChI is InChI=1S/C15H22N2O3/c1-3-19-13-9-7-10-16-14(13)17-11-6-5-8-12(17)15(18)20-4-2/h7,9-10,12H,3-6,8,11H2,1-2H3.